The minimum absolute atomic E-state index is 0.0465. The van der Waals surface area contributed by atoms with Crippen LogP contribution in [0.15, 0.2) is 65.0 Å². The summed E-state index contributed by atoms with van der Waals surface area (Å²) in [5.74, 6) is -2.46. The summed E-state index contributed by atoms with van der Waals surface area (Å²) in [6, 6.07) is 13.1. The van der Waals surface area contributed by atoms with Gasteiger partial charge < -0.3 is 16.0 Å². The average molecular weight is 489 g/mol. The molecule has 0 saturated heterocycles. The van der Waals surface area contributed by atoms with Crippen molar-refractivity contribution in [3.63, 3.8) is 0 Å². The van der Waals surface area contributed by atoms with E-state index in [-0.39, 0.29) is 23.0 Å². The number of nitrogens with zero attached hydrogens (tertiary/aromatic N) is 1. The summed E-state index contributed by atoms with van der Waals surface area (Å²) in [5.41, 5.74) is 1.08. The number of hydrogen-bond acceptors (Lipinski definition) is 5. The Hall–Kier alpha value is -3.57. The lowest BCUT2D eigenvalue weighted by Crippen LogP contribution is -2.20. The average Bonchev–Trinajstić information content (AvgIpc) is 3.18. The van der Waals surface area contributed by atoms with Crippen LogP contribution >= 0.6 is 23.1 Å². The highest BCUT2D eigenvalue weighted by atomic mass is 32.2. The lowest BCUT2D eigenvalue weighted by atomic mass is 10.3. The quantitative estimate of drug-likeness (QED) is 0.287. The van der Waals surface area contributed by atoms with Gasteiger partial charge in [-0.15, -0.1) is 11.3 Å². The Kier molecular flexibility index (Phi) is 6.80. The molecule has 0 bridgehead atoms. The molecule has 0 unspecified atom stereocenters. The summed E-state index contributed by atoms with van der Waals surface area (Å²) in [4.78, 5) is 28.7. The lowest BCUT2D eigenvalue weighted by Gasteiger charge is -2.08. The molecule has 33 heavy (non-hydrogen) atoms. The van der Waals surface area contributed by atoms with Gasteiger partial charge in [0.2, 0.25) is 5.91 Å². The summed E-state index contributed by atoms with van der Waals surface area (Å²) >= 11 is 2.53. The molecule has 0 fully saturated rings. The Balaban J connectivity index is 1.36. The van der Waals surface area contributed by atoms with Crippen LogP contribution in [0.5, 0.6) is 0 Å². The number of amides is 3. The van der Waals surface area contributed by atoms with Gasteiger partial charge in [-0.1, -0.05) is 23.9 Å². The molecule has 6 nitrogen and oxygen atoms in total. The normalized spacial score (nSPS) is 10.8. The van der Waals surface area contributed by atoms with E-state index in [0.717, 1.165) is 16.8 Å². The van der Waals surface area contributed by atoms with Crippen LogP contribution in [0.1, 0.15) is 0 Å². The zero-order valence-corrected chi connectivity index (χ0v) is 18.3. The van der Waals surface area contributed by atoms with Gasteiger partial charge in [-0.2, -0.15) is 0 Å². The van der Waals surface area contributed by atoms with Crippen LogP contribution in [0, 0.1) is 17.5 Å². The lowest BCUT2D eigenvalue weighted by molar-refractivity contribution is -0.113. The fraction of sp³-hybridized carbons (Fsp3) is 0.0455. The second kappa shape index (κ2) is 9.92. The molecule has 0 saturated carbocycles. The summed E-state index contributed by atoms with van der Waals surface area (Å²) in [6.07, 6.45) is 0. The monoisotopic (exact) mass is 488 g/mol. The fourth-order valence-corrected chi connectivity index (χ4v) is 4.70. The Morgan fingerprint density at radius 3 is 2.45 bits per heavy atom. The third kappa shape index (κ3) is 5.82. The van der Waals surface area contributed by atoms with Gasteiger partial charge in [-0.25, -0.2) is 22.9 Å². The van der Waals surface area contributed by atoms with E-state index in [4.69, 9.17) is 0 Å². The van der Waals surface area contributed by atoms with Crippen LogP contribution < -0.4 is 16.0 Å². The van der Waals surface area contributed by atoms with Gasteiger partial charge >= 0.3 is 6.03 Å². The van der Waals surface area contributed by atoms with Crippen molar-refractivity contribution in [1.82, 2.24) is 4.98 Å². The molecule has 0 atom stereocenters. The largest absolute Gasteiger partial charge is 0.323 e. The number of thioether (sulfide) groups is 1. The number of carbonyl (C=O) groups is 2. The molecule has 0 aliphatic carbocycles. The minimum atomic E-state index is -0.885. The Morgan fingerprint density at radius 2 is 1.67 bits per heavy atom. The molecule has 0 aliphatic rings. The number of fused-ring (bicyclic) bond motifs is 1. The van der Waals surface area contributed by atoms with E-state index in [1.807, 2.05) is 0 Å². The van der Waals surface area contributed by atoms with Crippen molar-refractivity contribution in [3.8, 4) is 0 Å². The number of hydrogen-bond donors (Lipinski definition) is 3. The van der Waals surface area contributed by atoms with E-state index < -0.39 is 23.5 Å². The maximum Gasteiger partial charge on any atom is 0.323 e. The molecule has 4 aromatic rings. The van der Waals surface area contributed by atoms with Gasteiger partial charge in [0.1, 0.15) is 17.5 Å². The highest BCUT2D eigenvalue weighted by Crippen LogP contribution is 2.31. The molecule has 3 aromatic carbocycles. The van der Waals surface area contributed by atoms with Crippen LogP contribution in [0.2, 0.25) is 0 Å². The molecular formula is C22H15F3N4O2S2. The third-order valence-electron chi connectivity index (χ3n) is 4.28. The first kappa shape index (κ1) is 22.6. The summed E-state index contributed by atoms with van der Waals surface area (Å²) in [7, 11) is 0. The number of para-hydroxylation sites is 1. The van der Waals surface area contributed by atoms with E-state index in [9.17, 15) is 22.8 Å². The number of benzene rings is 3. The Labute approximate surface area is 194 Å². The van der Waals surface area contributed by atoms with Crippen molar-refractivity contribution in [3.05, 3.63) is 78.1 Å². The number of halogens is 3. The molecule has 3 amide bonds. The molecular weight excluding hydrogens is 473 g/mol. The molecule has 4 rings (SSSR count). The molecule has 11 heteroatoms. The van der Waals surface area contributed by atoms with Crippen LogP contribution in [-0.2, 0) is 4.79 Å². The predicted octanol–water partition coefficient (Wildman–Crippen LogP) is 6.09. The standard InChI is InChI=1S/C22H15F3N4O2S2/c23-12-5-7-17(15(25)9-12)28-21(31)26-13-6-8-18-19(10-13)33-22(29-18)32-11-20(30)27-16-4-2-1-3-14(16)24/h1-10H,11H2,(H,27,30)(H2,26,28,31). The Morgan fingerprint density at radius 1 is 0.879 bits per heavy atom. The van der Waals surface area contributed by atoms with Crippen molar-refractivity contribution in [1.29, 1.82) is 0 Å². The molecule has 1 heterocycles. The maximum absolute atomic E-state index is 13.7. The molecule has 3 N–H and O–H groups in total. The zero-order chi connectivity index (χ0) is 23.4. The van der Waals surface area contributed by atoms with Gasteiger partial charge in [-0.05, 0) is 42.5 Å². The van der Waals surface area contributed by atoms with E-state index >= 15 is 0 Å². The van der Waals surface area contributed by atoms with Crippen molar-refractivity contribution in [2.45, 2.75) is 4.34 Å². The number of nitrogens with one attached hydrogen (secondary N) is 3. The van der Waals surface area contributed by atoms with Crippen LogP contribution in [0.3, 0.4) is 0 Å². The number of aromatic nitrogens is 1. The molecule has 0 spiro atoms. The summed E-state index contributed by atoms with van der Waals surface area (Å²) in [6.45, 7) is 0. The van der Waals surface area contributed by atoms with Gasteiger partial charge in [0, 0.05) is 11.8 Å². The summed E-state index contributed by atoms with van der Waals surface area (Å²) in [5, 5.41) is 7.41. The molecule has 0 radical (unpaired) electrons. The second-order valence-corrected chi connectivity index (χ2v) is 8.94. The SMILES string of the molecule is O=C(CSc1nc2ccc(NC(=O)Nc3ccc(F)cc3F)cc2s1)Nc1ccccc1F. The molecule has 168 valence electrons. The topological polar surface area (TPSA) is 83.1 Å². The van der Waals surface area contributed by atoms with Gasteiger partial charge in [-0.3, -0.25) is 4.79 Å². The number of carbonyl (C=O) groups excluding carboxylic acids is 2. The van der Waals surface area contributed by atoms with E-state index in [1.165, 1.54) is 41.3 Å². The van der Waals surface area contributed by atoms with Gasteiger partial charge in [0.15, 0.2) is 4.34 Å². The van der Waals surface area contributed by atoms with Crippen molar-refractivity contribution >= 4 is 62.3 Å². The number of anilines is 3. The molecule has 1 aromatic heterocycles. The van der Waals surface area contributed by atoms with Gasteiger partial charge in [0.05, 0.1) is 27.3 Å². The van der Waals surface area contributed by atoms with Crippen molar-refractivity contribution < 1.29 is 22.8 Å². The number of thiazole rings is 1. The van der Waals surface area contributed by atoms with E-state index in [1.54, 1.807) is 24.3 Å². The number of urea groups is 1. The van der Waals surface area contributed by atoms with E-state index in [0.29, 0.717) is 21.6 Å². The van der Waals surface area contributed by atoms with Crippen molar-refractivity contribution in [2.24, 2.45) is 0 Å². The molecule has 0 aliphatic heterocycles. The van der Waals surface area contributed by atoms with Crippen LogP contribution in [0.25, 0.3) is 10.2 Å². The second-order valence-electron chi connectivity index (χ2n) is 6.68. The highest BCUT2D eigenvalue weighted by molar-refractivity contribution is 8.01. The predicted molar refractivity (Wildman–Crippen MR) is 124 cm³/mol. The minimum Gasteiger partial charge on any atom is -0.323 e. The number of rotatable bonds is 6. The first-order chi connectivity index (χ1) is 15.9. The van der Waals surface area contributed by atoms with Crippen molar-refractivity contribution in [2.75, 3.05) is 21.7 Å². The third-order valence-corrected chi connectivity index (χ3v) is 6.44. The highest BCUT2D eigenvalue weighted by Gasteiger charge is 2.12. The summed E-state index contributed by atoms with van der Waals surface area (Å²) < 4.78 is 41.7. The first-order valence-corrected chi connectivity index (χ1v) is 11.3. The van der Waals surface area contributed by atoms with E-state index in [2.05, 4.69) is 20.9 Å². The smallest absolute Gasteiger partial charge is 0.323 e. The maximum atomic E-state index is 13.7. The van der Waals surface area contributed by atoms with Crippen LogP contribution in [-0.4, -0.2) is 22.7 Å². The van der Waals surface area contributed by atoms with Crippen LogP contribution in [0.4, 0.5) is 35.0 Å². The Bertz CT molecular complexity index is 1350. The first-order valence-electron chi connectivity index (χ1n) is 9.48. The van der Waals surface area contributed by atoms with Gasteiger partial charge in [0.25, 0.3) is 0 Å². The fourth-order valence-electron chi connectivity index (χ4n) is 2.79. The zero-order valence-electron chi connectivity index (χ0n) is 16.7.